The molecule has 2 heterocycles. The van der Waals surface area contributed by atoms with Gasteiger partial charge < -0.3 is 20.5 Å². The molecule has 3 amide bonds. The largest absolute Gasteiger partial charge is 0.360 e. The van der Waals surface area contributed by atoms with Crippen molar-refractivity contribution in [1.82, 2.24) is 25.1 Å². The molecular weight excluding hydrogens is 542 g/mol. The molecule has 1 aliphatic rings. The molecule has 1 aliphatic carbocycles. The summed E-state index contributed by atoms with van der Waals surface area (Å²) in [6.07, 6.45) is 5.66. The topological polar surface area (TPSA) is 116 Å². The highest BCUT2D eigenvalue weighted by molar-refractivity contribution is 6.35. The second-order valence-corrected chi connectivity index (χ2v) is 11.1. The van der Waals surface area contributed by atoms with Gasteiger partial charge in [0.05, 0.1) is 5.02 Å². The van der Waals surface area contributed by atoms with E-state index >= 15 is 0 Å². The van der Waals surface area contributed by atoms with Crippen LogP contribution in [-0.2, 0) is 4.79 Å². The van der Waals surface area contributed by atoms with Crippen LogP contribution in [0.5, 0.6) is 0 Å². The highest BCUT2D eigenvalue weighted by Gasteiger charge is 2.34. The summed E-state index contributed by atoms with van der Waals surface area (Å²) < 4.78 is 1.50. The first-order valence-electron chi connectivity index (χ1n) is 13.6. The summed E-state index contributed by atoms with van der Waals surface area (Å²) in [5.74, 6) is -0.420. The van der Waals surface area contributed by atoms with Gasteiger partial charge in [0.25, 0.3) is 17.4 Å². The van der Waals surface area contributed by atoms with Crippen molar-refractivity contribution < 1.29 is 14.4 Å². The van der Waals surface area contributed by atoms with Crippen LogP contribution in [0.15, 0.2) is 77.9 Å². The van der Waals surface area contributed by atoms with Gasteiger partial charge in [-0.25, -0.2) is 0 Å². The van der Waals surface area contributed by atoms with Gasteiger partial charge in [-0.15, -0.1) is 0 Å². The first-order chi connectivity index (χ1) is 19.7. The van der Waals surface area contributed by atoms with Crippen molar-refractivity contribution >= 4 is 40.2 Å². The molecular formula is C31H32ClN5O4. The maximum atomic E-state index is 13.3. The average Bonchev–Trinajstić information content (AvgIpc) is 3.34. The number of fused-ring (bicyclic) bond motifs is 1. The Hall–Kier alpha value is -4.37. The number of aromatic amines is 1. The first kappa shape index (κ1) is 28.2. The third-order valence-electron chi connectivity index (χ3n) is 7.68. The Balaban J connectivity index is 1.32. The first-order valence-corrected chi connectivity index (χ1v) is 13.9. The number of amides is 3. The lowest BCUT2D eigenvalue weighted by Crippen LogP contribution is -2.54. The number of carbonyl (C=O) groups excluding carboxylic acids is 3. The van der Waals surface area contributed by atoms with E-state index in [4.69, 9.17) is 11.6 Å². The van der Waals surface area contributed by atoms with Crippen molar-refractivity contribution in [3.8, 4) is 5.69 Å². The zero-order valence-electron chi connectivity index (χ0n) is 22.9. The number of hydrogen-bond donors (Lipinski definition) is 3. The smallest absolute Gasteiger partial charge is 0.255 e. The molecule has 2 aromatic heterocycles. The maximum Gasteiger partial charge on any atom is 0.255 e. The summed E-state index contributed by atoms with van der Waals surface area (Å²) >= 11 is 6.19. The van der Waals surface area contributed by atoms with Gasteiger partial charge in [0.2, 0.25) is 5.91 Å². The van der Waals surface area contributed by atoms with Gasteiger partial charge >= 0.3 is 0 Å². The zero-order chi connectivity index (χ0) is 29.1. The van der Waals surface area contributed by atoms with Crippen LogP contribution in [0.25, 0.3) is 16.6 Å². The quantitative estimate of drug-likeness (QED) is 0.308. The van der Waals surface area contributed by atoms with E-state index in [0.29, 0.717) is 41.1 Å². The van der Waals surface area contributed by atoms with Crippen molar-refractivity contribution in [2.24, 2.45) is 5.92 Å². The van der Waals surface area contributed by atoms with E-state index in [-0.39, 0.29) is 41.3 Å². The van der Waals surface area contributed by atoms with Crippen LogP contribution in [-0.4, -0.2) is 58.4 Å². The van der Waals surface area contributed by atoms with Crippen molar-refractivity contribution in [2.45, 2.75) is 37.8 Å². The molecule has 212 valence electrons. The Kier molecular flexibility index (Phi) is 8.26. The van der Waals surface area contributed by atoms with Crippen molar-refractivity contribution in [3.63, 3.8) is 0 Å². The molecule has 3 N–H and O–H groups in total. The number of halogens is 1. The number of hydrogen-bond acceptors (Lipinski definition) is 4. The summed E-state index contributed by atoms with van der Waals surface area (Å²) in [5, 5.41) is 7.63. The molecule has 41 heavy (non-hydrogen) atoms. The SMILES string of the molecule is CN(C)C(=O)C[C@H]1CC[C@H](NC(=O)c2ccc(-n3ccccc3=O)cc2)[C@H](NC(=O)c2ccc3c(Cl)c[nH]c3c2)C1. The monoisotopic (exact) mass is 573 g/mol. The predicted molar refractivity (Wildman–Crippen MR) is 159 cm³/mol. The number of carbonyl (C=O) groups is 3. The normalized spacial score (nSPS) is 18.6. The highest BCUT2D eigenvalue weighted by atomic mass is 35.5. The van der Waals surface area contributed by atoms with Gasteiger partial charge in [-0.05, 0) is 67.6 Å². The van der Waals surface area contributed by atoms with E-state index in [2.05, 4.69) is 15.6 Å². The summed E-state index contributed by atoms with van der Waals surface area (Å²) in [4.78, 5) is 55.8. The van der Waals surface area contributed by atoms with Crippen LogP contribution in [0.3, 0.4) is 0 Å². The zero-order valence-corrected chi connectivity index (χ0v) is 23.6. The van der Waals surface area contributed by atoms with Crippen molar-refractivity contribution in [3.05, 3.63) is 99.6 Å². The van der Waals surface area contributed by atoms with E-state index < -0.39 is 0 Å². The van der Waals surface area contributed by atoms with Crippen LogP contribution in [0.2, 0.25) is 5.02 Å². The van der Waals surface area contributed by atoms with Gasteiger partial charge in [-0.3, -0.25) is 23.7 Å². The van der Waals surface area contributed by atoms with Gasteiger partial charge in [-0.1, -0.05) is 23.7 Å². The van der Waals surface area contributed by atoms with Crippen LogP contribution < -0.4 is 16.2 Å². The third-order valence-corrected chi connectivity index (χ3v) is 7.99. The fraction of sp³-hybridized carbons (Fsp3) is 0.290. The highest BCUT2D eigenvalue weighted by Crippen LogP contribution is 2.29. The summed E-state index contributed by atoms with van der Waals surface area (Å²) in [7, 11) is 3.46. The summed E-state index contributed by atoms with van der Waals surface area (Å²) in [6, 6.07) is 16.3. The second-order valence-electron chi connectivity index (χ2n) is 10.7. The molecule has 0 unspecified atom stereocenters. The number of nitrogens with one attached hydrogen (secondary N) is 3. The number of rotatable bonds is 7. The predicted octanol–water partition coefficient (Wildman–Crippen LogP) is 4.15. The fourth-order valence-electron chi connectivity index (χ4n) is 5.35. The molecule has 0 aliphatic heterocycles. The Labute approximate surface area is 242 Å². The molecule has 9 nitrogen and oxygen atoms in total. The molecule has 0 bridgehead atoms. The van der Waals surface area contributed by atoms with Gasteiger partial charge in [0.1, 0.15) is 0 Å². The number of nitrogens with zero attached hydrogens (tertiary/aromatic N) is 2. The molecule has 2 aromatic carbocycles. The van der Waals surface area contributed by atoms with Crippen molar-refractivity contribution in [1.29, 1.82) is 0 Å². The third kappa shape index (κ3) is 6.36. The Morgan fingerprint density at radius 2 is 1.66 bits per heavy atom. The molecule has 5 rings (SSSR count). The second kappa shape index (κ2) is 12.0. The molecule has 0 spiro atoms. The lowest BCUT2D eigenvalue weighted by Gasteiger charge is -2.37. The Morgan fingerprint density at radius 1 is 0.951 bits per heavy atom. The lowest BCUT2D eigenvalue weighted by molar-refractivity contribution is -0.130. The van der Waals surface area contributed by atoms with E-state index in [1.165, 1.54) is 10.6 Å². The molecule has 0 saturated heterocycles. The van der Waals surface area contributed by atoms with E-state index in [9.17, 15) is 19.2 Å². The Bertz CT molecular complexity index is 1640. The standard InChI is InChI=1S/C31H32ClN5O4/c1-36(2)29(39)16-19-6-13-25(27(15-19)35-31(41)21-9-12-23-24(32)18-33-26(23)17-21)34-30(40)20-7-10-22(11-8-20)37-14-4-3-5-28(37)38/h3-5,7-12,14,17-19,25,27,33H,6,13,15-16H2,1-2H3,(H,34,40)(H,35,41)/t19-,25-,27+/m0/s1. The van der Waals surface area contributed by atoms with Gasteiger partial charge in [0.15, 0.2) is 0 Å². The fourth-order valence-corrected chi connectivity index (χ4v) is 5.57. The number of pyridine rings is 1. The van der Waals surface area contributed by atoms with Crippen molar-refractivity contribution in [2.75, 3.05) is 14.1 Å². The maximum absolute atomic E-state index is 13.3. The lowest BCUT2D eigenvalue weighted by atomic mass is 9.80. The van der Waals surface area contributed by atoms with Gasteiger partial charge in [-0.2, -0.15) is 0 Å². The van der Waals surface area contributed by atoms with E-state index in [1.807, 2.05) is 0 Å². The van der Waals surface area contributed by atoms with E-state index in [1.54, 1.807) is 86.0 Å². The summed E-state index contributed by atoms with van der Waals surface area (Å²) in [5.41, 5.74) is 2.17. The number of benzene rings is 2. The van der Waals surface area contributed by atoms with Crippen LogP contribution >= 0.6 is 11.6 Å². The van der Waals surface area contributed by atoms with E-state index in [0.717, 1.165) is 17.3 Å². The molecule has 4 aromatic rings. The Morgan fingerprint density at radius 3 is 2.39 bits per heavy atom. The number of aromatic nitrogens is 2. The molecule has 10 heteroatoms. The minimum atomic E-state index is -0.370. The summed E-state index contributed by atoms with van der Waals surface area (Å²) in [6.45, 7) is 0. The molecule has 3 atom stereocenters. The van der Waals surface area contributed by atoms with Gasteiger partial charge in [0, 0.05) is 78.8 Å². The molecule has 0 radical (unpaired) electrons. The number of H-pyrrole nitrogens is 1. The molecule has 1 fully saturated rings. The average molecular weight is 574 g/mol. The molecule has 1 saturated carbocycles. The minimum Gasteiger partial charge on any atom is -0.360 e. The van der Waals surface area contributed by atoms with Crippen LogP contribution in [0, 0.1) is 5.92 Å². The van der Waals surface area contributed by atoms with Crippen LogP contribution in [0.1, 0.15) is 46.4 Å². The van der Waals surface area contributed by atoms with Crippen LogP contribution in [0.4, 0.5) is 0 Å². The minimum absolute atomic E-state index is 0.0363.